The number of phosphoric acid groups is 1. The molecule has 1 heterocycles. The van der Waals surface area contributed by atoms with Crippen LogP contribution in [0.2, 0.25) is 0 Å². The lowest BCUT2D eigenvalue weighted by Gasteiger charge is -2.27. The largest absolute Gasteiger partial charge is 0.472 e. The number of ether oxygens (including phenoxy) is 1. The smallest absolute Gasteiger partial charge is 0.372 e. The van der Waals surface area contributed by atoms with Gasteiger partial charge in [-0.2, -0.15) is 0 Å². The zero-order valence-electron chi connectivity index (χ0n) is 18.5. The van der Waals surface area contributed by atoms with Crippen LogP contribution in [0.15, 0.2) is 30.3 Å². The third-order valence-corrected chi connectivity index (χ3v) is 7.06. The molecule has 0 aliphatic carbocycles. The van der Waals surface area contributed by atoms with E-state index in [1.807, 2.05) is 25.1 Å². The van der Waals surface area contributed by atoms with Crippen molar-refractivity contribution in [3.63, 3.8) is 0 Å². The van der Waals surface area contributed by atoms with Crippen molar-refractivity contribution in [2.75, 3.05) is 7.11 Å². The summed E-state index contributed by atoms with van der Waals surface area (Å²) in [7, 11) is -2.86. The molecule has 1 aromatic carbocycles. The summed E-state index contributed by atoms with van der Waals surface area (Å²) >= 11 is 0. The molecule has 2 rings (SSSR count). The van der Waals surface area contributed by atoms with E-state index < -0.39 is 13.9 Å². The number of rotatable bonds is 13. The first kappa shape index (κ1) is 24.6. The number of hydrogen-bond donors (Lipinski definition) is 1. The summed E-state index contributed by atoms with van der Waals surface area (Å²) in [5.74, 6) is 0.763. The van der Waals surface area contributed by atoms with Crippen LogP contribution in [0.25, 0.3) is 0 Å². The molecule has 5 nitrogen and oxygen atoms in total. The summed E-state index contributed by atoms with van der Waals surface area (Å²) in [6.45, 7) is 6.51. The van der Waals surface area contributed by atoms with Crippen molar-refractivity contribution < 1.29 is 23.2 Å². The molecule has 166 valence electrons. The van der Waals surface area contributed by atoms with E-state index in [0.717, 1.165) is 25.7 Å². The second-order valence-electron chi connectivity index (χ2n) is 8.22. The highest BCUT2D eigenvalue weighted by Crippen LogP contribution is 2.49. The SMILES string of the molecule is CCCC(CCC)CC[C@H]1C(OP(=O)(O)OC)[C@@H](CC)O[C@H]1Cc1ccccc1. The van der Waals surface area contributed by atoms with Gasteiger partial charge >= 0.3 is 7.82 Å². The monoisotopic (exact) mass is 426 g/mol. The predicted molar refractivity (Wildman–Crippen MR) is 117 cm³/mol. The van der Waals surface area contributed by atoms with Crippen LogP contribution in [0.1, 0.15) is 71.3 Å². The molecule has 1 saturated heterocycles. The van der Waals surface area contributed by atoms with Gasteiger partial charge in [0.1, 0.15) is 6.10 Å². The molecule has 1 N–H and O–H groups in total. The summed E-state index contributed by atoms with van der Waals surface area (Å²) in [6, 6.07) is 10.3. The molecule has 1 aromatic rings. The van der Waals surface area contributed by atoms with Gasteiger partial charge in [-0.3, -0.25) is 9.05 Å². The first-order valence-corrected chi connectivity index (χ1v) is 12.7. The van der Waals surface area contributed by atoms with E-state index in [2.05, 4.69) is 26.0 Å². The van der Waals surface area contributed by atoms with Crippen LogP contribution >= 0.6 is 7.82 Å². The van der Waals surface area contributed by atoms with Crippen molar-refractivity contribution in [3.8, 4) is 0 Å². The van der Waals surface area contributed by atoms with Crippen LogP contribution in [0, 0.1) is 11.8 Å². The first-order valence-electron chi connectivity index (χ1n) is 11.2. The van der Waals surface area contributed by atoms with E-state index in [0.29, 0.717) is 5.92 Å². The van der Waals surface area contributed by atoms with Crippen molar-refractivity contribution in [3.05, 3.63) is 35.9 Å². The van der Waals surface area contributed by atoms with Crippen LogP contribution in [0.3, 0.4) is 0 Å². The second kappa shape index (κ2) is 12.2. The van der Waals surface area contributed by atoms with E-state index in [1.54, 1.807) is 0 Å². The Morgan fingerprint density at radius 2 is 1.72 bits per heavy atom. The van der Waals surface area contributed by atoms with Crippen molar-refractivity contribution in [1.29, 1.82) is 0 Å². The topological polar surface area (TPSA) is 65.0 Å². The molecule has 1 aliphatic heterocycles. The van der Waals surface area contributed by atoms with Crippen LogP contribution in [-0.2, 0) is 24.8 Å². The van der Waals surface area contributed by atoms with Crippen LogP contribution in [0.5, 0.6) is 0 Å². The van der Waals surface area contributed by atoms with E-state index >= 15 is 0 Å². The maximum absolute atomic E-state index is 12.2. The van der Waals surface area contributed by atoms with E-state index in [1.165, 1.54) is 38.4 Å². The summed E-state index contributed by atoms with van der Waals surface area (Å²) in [5, 5.41) is 0. The third-order valence-electron chi connectivity index (χ3n) is 6.09. The van der Waals surface area contributed by atoms with Crippen molar-refractivity contribution in [2.24, 2.45) is 11.8 Å². The number of benzene rings is 1. The minimum absolute atomic E-state index is 0.0203. The van der Waals surface area contributed by atoms with Gasteiger partial charge in [0.15, 0.2) is 0 Å². The average molecular weight is 427 g/mol. The lowest BCUT2D eigenvalue weighted by atomic mass is 9.83. The lowest BCUT2D eigenvalue weighted by Crippen LogP contribution is -2.31. The molecule has 2 unspecified atom stereocenters. The molecule has 6 heteroatoms. The molecule has 0 radical (unpaired) electrons. The fraction of sp³-hybridized carbons (Fsp3) is 0.739. The molecular weight excluding hydrogens is 387 g/mol. The minimum Gasteiger partial charge on any atom is -0.372 e. The van der Waals surface area contributed by atoms with Gasteiger partial charge in [-0.25, -0.2) is 4.57 Å². The average Bonchev–Trinajstić information content (AvgIpc) is 3.02. The van der Waals surface area contributed by atoms with Gasteiger partial charge in [0, 0.05) is 13.0 Å². The van der Waals surface area contributed by atoms with Gasteiger partial charge in [0.05, 0.1) is 12.2 Å². The Balaban J connectivity index is 2.19. The van der Waals surface area contributed by atoms with Crippen molar-refractivity contribution in [2.45, 2.75) is 90.4 Å². The van der Waals surface area contributed by atoms with E-state index in [-0.39, 0.29) is 18.1 Å². The highest BCUT2D eigenvalue weighted by atomic mass is 31.2. The highest BCUT2D eigenvalue weighted by molar-refractivity contribution is 7.47. The Morgan fingerprint density at radius 3 is 2.28 bits per heavy atom. The van der Waals surface area contributed by atoms with Gasteiger partial charge in [0.25, 0.3) is 0 Å². The molecule has 1 aliphatic rings. The molecule has 0 spiro atoms. The number of phosphoric ester groups is 1. The fourth-order valence-electron chi connectivity index (χ4n) is 4.64. The van der Waals surface area contributed by atoms with Gasteiger partial charge in [0.2, 0.25) is 0 Å². The van der Waals surface area contributed by atoms with Gasteiger partial charge in [-0.15, -0.1) is 0 Å². The maximum Gasteiger partial charge on any atom is 0.472 e. The molecule has 0 aromatic heterocycles. The molecular formula is C23H39O5P. The normalized spacial score (nSPS) is 26.7. The summed E-state index contributed by atoms with van der Waals surface area (Å²) in [4.78, 5) is 9.99. The van der Waals surface area contributed by atoms with Crippen LogP contribution in [0.4, 0.5) is 0 Å². The molecule has 0 amide bonds. The predicted octanol–water partition coefficient (Wildman–Crippen LogP) is 6.15. The Labute approximate surface area is 176 Å². The quantitative estimate of drug-likeness (QED) is 0.383. The van der Waals surface area contributed by atoms with Crippen molar-refractivity contribution in [1.82, 2.24) is 0 Å². The Kier molecular flexibility index (Phi) is 10.3. The van der Waals surface area contributed by atoms with E-state index in [9.17, 15) is 9.46 Å². The molecule has 1 fully saturated rings. The Morgan fingerprint density at radius 1 is 1.07 bits per heavy atom. The molecule has 0 bridgehead atoms. The van der Waals surface area contributed by atoms with Gasteiger partial charge in [-0.1, -0.05) is 76.8 Å². The Bertz CT molecular complexity index is 617. The Hall–Kier alpha value is -0.710. The fourth-order valence-corrected chi connectivity index (χ4v) is 5.32. The maximum atomic E-state index is 12.2. The van der Waals surface area contributed by atoms with Crippen LogP contribution in [-0.4, -0.2) is 30.3 Å². The van der Waals surface area contributed by atoms with E-state index in [4.69, 9.17) is 13.8 Å². The number of hydrogen-bond acceptors (Lipinski definition) is 4. The molecule has 0 saturated carbocycles. The van der Waals surface area contributed by atoms with Crippen LogP contribution < -0.4 is 0 Å². The lowest BCUT2D eigenvalue weighted by molar-refractivity contribution is 0.00640. The standard InChI is InChI=1S/C23H39O5P/c1-5-11-18(12-6-2)15-16-20-22(17-19-13-9-8-10-14-19)27-21(7-3)23(20)28-29(24,25)26-4/h8-10,13-14,18,20-23H,5-7,11-12,15-17H2,1-4H3,(H,24,25)/t20-,21-,22+,23?/m1/s1. The zero-order valence-corrected chi connectivity index (χ0v) is 19.4. The highest BCUT2D eigenvalue weighted by Gasteiger charge is 2.47. The third kappa shape index (κ3) is 7.48. The zero-order chi connectivity index (χ0) is 21.3. The second-order valence-corrected chi connectivity index (χ2v) is 9.73. The summed E-state index contributed by atoms with van der Waals surface area (Å²) < 4.78 is 29.0. The first-order chi connectivity index (χ1) is 13.9. The minimum atomic E-state index is -4.07. The summed E-state index contributed by atoms with van der Waals surface area (Å²) in [5.41, 5.74) is 1.22. The summed E-state index contributed by atoms with van der Waals surface area (Å²) in [6.07, 6.45) is 7.75. The van der Waals surface area contributed by atoms with Gasteiger partial charge in [-0.05, 0) is 37.2 Å². The molecule has 29 heavy (non-hydrogen) atoms. The van der Waals surface area contributed by atoms with Gasteiger partial charge < -0.3 is 9.63 Å². The molecule has 5 atom stereocenters. The van der Waals surface area contributed by atoms with Crippen molar-refractivity contribution >= 4 is 7.82 Å².